The van der Waals surface area contributed by atoms with Gasteiger partial charge in [-0.15, -0.1) is 0 Å². The number of rotatable bonds is 7. The molecule has 0 bridgehead atoms. The van der Waals surface area contributed by atoms with E-state index in [-0.39, 0.29) is 4.90 Å². The van der Waals surface area contributed by atoms with Gasteiger partial charge in [0, 0.05) is 19.2 Å². The van der Waals surface area contributed by atoms with E-state index in [0.717, 1.165) is 25.7 Å². The number of amides is 1. The number of para-hydroxylation sites is 1. The molecule has 1 saturated heterocycles. The smallest absolute Gasteiger partial charge is 0.331 e. The summed E-state index contributed by atoms with van der Waals surface area (Å²) >= 11 is 6.01. The first kappa shape index (κ1) is 25.0. The standard InChI is InChI=1S/C24H27ClN2O5S/c1-18(24(29)26-22-9-5-4-8-21(22)25)32-23(28)15-12-19-10-13-20(14-11-19)33(30,31)27-16-6-2-3-7-17-27/h4-5,8-15,18H,2-3,6-7,16-17H2,1H3,(H,26,29)/b15-12+. The molecular formula is C24H27ClN2O5S. The highest BCUT2D eigenvalue weighted by atomic mass is 35.5. The lowest BCUT2D eigenvalue weighted by atomic mass is 10.2. The molecule has 1 N–H and O–H groups in total. The van der Waals surface area contributed by atoms with Gasteiger partial charge in [0.2, 0.25) is 10.0 Å². The van der Waals surface area contributed by atoms with Gasteiger partial charge in [-0.3, -0.25) is 4.79 Å². The van der Waals surface area contributed by atoms with Crippen molar-refractivity contribution in [3.8, 4) is 0 Å². The molecule has 0 spiro atoms. The van der Waals surface area contributed by atoms with E-state index in [9.17, 15) is 18.0 Å². The second kappa shape index (κ2) is 11.4. The van der Waals surface area contributed by atoms with E-state index in [1.807, 2.05) is 0 Å². The van der Waals surface area contributed by atoms with E-state index in [4.69, 9.17) is 16.3 Å². The Morgan fingerprint density at radius 3 is 2.30 bits per heavy atom. The summed E-state index contributed by atoms with van der Waals surface area (Å²) in [7, 11) is -3.52. The molecule has 3 rings (SSSR count). The van der Waals surface area contributed by atoms with E-state index in [1.54, 1.807) is 36.4 Å². The molecule has 0 aliphatic carbocycles. The Kier molecular flexibility index (Phi) is 8.66. The number of sulfonamides is 1. The van der Waals surface area contributed by atoms with Crippen LogP contribution in [0.25, 0.3) is 6.08 Å². The largest absolute Gasteiger partial charge is 0.449 e. The van der Waals surface area contributed by atoms with Gasteiger partial charge < -0.3 is 10.1 Å². The zero-order valence-corrected chi connectivity index (χ0v) is 19.9. The quantitative estimate of drug-likeness (QED) is 0.456. The van der Waals surface area contributed by atoms with Crippen molar-refractivity contribution in [1.82, 2.24) is 4.31 Å². The topological polar surface area (TPSA) is 92.8 Å². The van der Waals surface area contributed by atoms with Gasteiger partial charge in [-0.2, -0.15) is 4.31 Å². The summed E-state index contributed by atoms with van der Waals surface area (Å²) in [5.41, 5.74) is 1.06. The van der Waals surface area contributed by atoms with Gasteiger partial charge in [0.15, 0.2) is 6.10 Å². The first-order chi connectivity index (χ1) is 15.8. The Balaban J connectivity index is 1.56. The number of hydrogen-bond donors (Lipinski definition) is 1. The predicted molar refractivity (Wildman–Crippen MR) is 128 cm³/mol. The van der Waals surface area contributed by atoms with Crippen LogP contribution in [-0.2, 0) is 24.3 Å². The Morgan fingerprint density at radius 1 is 1.03 bits per heavy atom. The van der Waals surface area contributed by atoms with E-state index >= 15 is 0 Å². The number of esters is 1. The Morgan fingerprint density at radius 2 is 1.67 bits per heavy atom. The minimum atomic E-state index is -3.52. The molecule has 1 heterocycles. The zero-order valence-electron chi connectivity index (χ0n) is 18.4. The molecular weight excluding hydrogens is 464 g/mol. The number of nitrogens with one attached hydrogen (secondary N) is 1. The number of benzene rings is 2. The maximum absolute atomic E-state index is 12.8. The Bertz CT molecular complexity index is 1110. The van der Waals surface area contributed by atoms with Crippen LogP contribution in [0.15, 0.2) is 59.5 Å². The SMILES string of the molecule is CC(OC(=O)/C=C/c1ccc(S(=O)(=O)N2CCCCCC2)cc1)C(=O)Nc1ccccc1Cl. The zero-order chi connectivity index (χ0) is 23.8. The van der Waals surface area contributed by atoms with Crippen molar-refractivity contribution < 1.29 is 22.7 Å². The van der Waals surface area contributed by atoms with Crippen LogP contribution in [0.5, 0.6) is 0 Å². The molecule has 2 aromatic carbocycles. The molecule has 7 nitrogen and oxygen atoms in total. The molecule has 1 atom stereocenters. The lowest BCUT2D eigenvalue weighted by molar-refractivity contribution is -0.148. The van der Waals surface area contributed by atoms with Crippen LogP contribution in [0.4, 0.5) is 5.69 Å². The van der Waals surface area contributed by atoms with Crippen LogP contribution < -0.4 is 5.32 Å². The third-order valence-corrected chi connectivity index (χ3v) is 7.53. The van der Waals surface area contributed by atoms with Crippen LogP contribution in [0.1, 0.15) is 38.2 Å². The van der Waals surface area contributed by atoms with Crippen molar-refractivity contribution in [1.29, 1.82) is 0 Å². The van der Waals surface area contributed by atoms with Crippen molar-refractivity contribution in [3.05, 3.63) is 65.2 Å². The summed E-state index contributed by atoms with van der Waals surface area (Å²) < 4.78 is 32.4. The highest BCUT2D eigenvalue weighted by molar-refractivity contribution is 7.89. The van der Waals surface area contributed by atoms with Gasteiger partial charge in [-0.25, -0.2) is 13.2 Å². The molecule has 1 aliphatic heterocycles. The van der Waals surface area contributed by atoms with Crippen LogP contribution >= 0.6 is 11.6 Å². The predicted octanol–water partition coefficient (Wildman–Crippen LogP) is 4.49. The van der Waals surface area contributed by atoms with Crippen LogP contribution in [-0.4, -0.2) is 43.8 Å². The second-order valence-corrected chi connectivity index (χ2v) is 10.1. The summed E-state index contributed by atoms with van der Waals surface area (Å²) in [4.78, 5) is 24.6. The van der Waals surface area contributed by atoms with Crippen LogP contribution in [0, 0.1) is 0 Å². The van der Waals surface area contributed by atoms with E-state index < -0.39 is 28.0 Å². The van der Waals surface area contributed by atoms with Gasteiger partial charge in [0.1, 0.15) is 0 Å². The number of ether oxygens (including phenoxy) is 1. The highest BCUT2D eigenvalue weighted by Gasteiger charge is 2.24. The first-order valence-corrected chi connectivity index (χ1v) is 12.6. The summed E-state index contributed by atoms with van der Waals surface area (Å²) in [5.74, 6) is -1.20. The molecule has 1 unspecified atom stereocenters. The number of anilines is 1. The number of carbonyl (C=O) groups is 2. The number of carbonyl (C=O) groups excluding carboxylic acids is 2. The van der Waals surface area contributed by atoms with Crippen LogP contribution in [0.2, 0.25) is 5.02 Å². The minimum Gasteiger partial charge on any atom is -0.449 e. The van der Waals surface area contributed by atoms with Gasteiger partial charge in [-0.05, 0) is 55.7 Å². The minimum absolute atomic E-state index is 0.231. The van der Waals surface area contributed by atoms with Crippen molar-refractivity contribution in [2.45, 2.75) is 43.6 Å². The van der Waals surface area contributed by atoms with E-state index in [2.05, 4.69) is 5.32 Å². The van der Waals surface area contributed by atoms with Crippen molar-refractivity contribution in [3.63, 3.8) is 0 Å². The first-order valence-electron chi connectivity index (χ1n) is 10.8. The van der Waals surface area contributed by atoms with Crippen LogP contribution in [0.3, 0.4) is 0 Å². The van der Waals surface area contributed by atoms with Gasteiger partial charge in [0.05, 0.1) is 15.6 Å². The van der Waals surface area contributed by atoms with Gasteiger partial charge in [0.25, 0.3) is 5.91 Å². The highest BCUT2D eigenvalue weighted by Crippen LogP contribution is 2.22. The van der Waals surface area contributed by atoms with Crippen molar-refractivity contribution >= 4 is 45.3 Å². The maximum atomic E-state index is 12.8. The molecule has 2 aromatic rings. The molecule has 176 valence electrons. The van der Waals surface area contributed by atoms with E-state index in [0.29, 0.717) is 29.4 Å². The summed E-state index contributed by atoms with van der Waals surface area (Å²) in [6.45, 7) is 2.54. The lowest BCUT2D eigenvalue weighted by Crippen LogP contribution is -2.31. The maximum Gasteiger partial charge on any atom is 0.331 e. The molecule has 0 saturated carbocycles. The molecule has 9 heteroatoms. The number of halogens is 1. The van der Waals surface area contributed by atoms with E-state index in [1.165, 1.54) is 35.5 Å². The second-order valence-electron chi connectivity index (χ2n) is 7.77. The molecule has 0 aromatic heterocycles. The normalized spacial score (nSPS) is 16.2. The summed E-state index contributed by atoms with van der Waals surface area (Å²) in [6, 6.07) is 13.1. The fourth-order valence-electron chi connectivity index (χ4n) is 3.41. The van der Waals surface area contributed by atoms with Crippen molar-refractivity contribution in [2.75, 3.05) is 18.4 Å². The third kappa shape index (κ3) is 6.90. The third-order valence-electron chi connectivity index (χ3n) is 5.29. The monoisotopic (exact) mass is 490 g/mol. The molecule has 0 radical (unpaired) electrons. The molecule has 1 fully saturated rings. The average Bonchev–Trinajstić information content (AvgIpc) is 3.10. The average molecular weight is 491 g/mol. The fraction of sp³-hybridized carbons (Fsp3) is 0.333. The number of nitrogens with zero attached hydrogens (tertiary/aromatic N) is 1. The van der Waals surface area contributed by atoms with Gasteiger partial charge in [-0.1, -0.05) is 48.7 Å². The molecule has 1 aliphatic rings. The fourth-order valence-corrected chi connectivity index (χ4v) is 5.11. The summed E-state index contributed by atoms with van der Waals surface area (Å²) in [5, 5.41) is 2.99. The Labute approximate surface area is 199 Å². The lowest BCUT2D eigenvalue weighted by Gasteiger charge is -2.19. The molecule has 1 amide bonds. The van der Waals surface area contributed by atoms with Crippen molar-refractivity contribution in [2.24, 2.45) is 0 Å². The molecule has 33 heavy (non-hydrogen) atoms. The Hall–Kier alpha value is -2.68. The summed E-state index contributed by atoms with van der Waals surface area (Å²) in [6.07, 6.45) is 5.51. The van der Waals surface area contributed by atoms with Gasteiger partial charge >= 0.3 is 5.97 Å². The number of hydrogen-bond acceptors (Lipinski definition) is 5.